The zero-order chi connectivity index (χ0) is 12.8. The van der Waals surface area contributed by atoms with E-state index in [0.717, 1.165) is 30.6 Å². The molecule has 0 radical (unpaired) electrons. The highest BCUT2D eigenvalue weighted by molar-refractivity contribution is 5.95. The summed E-state index contributed by atoms with van der Waals surface area (Å²) in [6.07, 6.45) is 2.01. The van der Waals surface area contributed by atoms with Crippen molar-refractivity contribution in [3.63, 3.8) is 0 Å². The molecule has 1 rings (SSSR count). The largest absolute Gasteiger partial charge is 0.312 e. The summed E-state index contributed by atoms with van der Waals surface area (Å²) in [5.41, 5.74) is 2.20. The van der Waals surface area contributed by atoms with Crippen molar-refractivity contribution >= 4 is 11.6 Å². The van der Waals surface area contributed by atoms with Crippen LogP contribution in [-0.4, -0.2) is 12.5 Å². The summed E-state index contributed by atoms with van der Waals surface area (Å²) < 4.78 is 0. The second-order valence-corrected chi connectivity index (χ2v) is 4.56. The van der Waals surface area contributed by atoms with Crippen molar-refractivity contribution in [1.29, 1.82) is 0 Å². The lowest BCUT2D eigenvalue weighted by Gasteiger charge is -2.26. The van der Waals surface area contributed by atoms with Crippen LogP contribution in [0.4, 0.5) is 5.69 Å². The molecule has 0 aromatic heterocycles. The Balaban J connectivity index is 2.92. The van der Waals surface area contributed by atoms with Crippen molar-refractivity contribution < 1.29 is 4.79 Å². The van der Waals surface area contributed by atoms with Gasteiger partial charge in [0.2, 0.25) is 5.91 Å². The number of amides is 1. The van der Waals surface area contributed by atoms with Crippen LogP contribution in [-0.2, 0) is 4.79 Å². The highest BCUT2D eigenvalue weighted by atomic mass is 16.2. The second-order valence-electron chi connectivity index (χ2n) is 4.56. The monoisotopic (exact) mass is 233 g/mol. The van der Waals surface area contributed by atoms with Gasteiger partial charge in [-0.05, 0) is 31.9 Å². The Kier molecular flexibility index (Phi) is 5.20. The van der Waals surface area contributed by atoms with Crippen LogP contribution >= 0.6 is 0 Å². The first-order chi connectivity index (χ1) is 8.11. The predicted molar refractivity (Wildman–Crippen MR) is 73.3 cm³/mol. The van der Waals surface area contributed by atoms with Gasteiger partial charge in [-0.25, -0.2) is 0 Å². The first-order valence-corrected chi connectivity index (χ1v) is 6.48. The summed E-state index contributed by atoms with van der Waals surface area (Å²) >= 11 is 0. The van der Waals surface area contributed by atoms with E-state index in [4.69, 9.17) is 0 Å². The van der Waals surface area contributed by atoms with E-state index in [9.17, 15) is 4.79 Å². The summed E-state index contributed by atoms with van der Waals surface area (Å²) in [5.74, 6) is 0.350. The number of anilines is 1. The molecule has 0 spiro atoms. The molecule has 0 aliphatic carbocycles. The zero-order valence-electron chi connectivity index (χ0n) is 11.4. The molecule has 1 unspecified atom stereocenters. The van der Waals surface area contributed by atoms with Crippen LogP contribution in [0.3, 0.4) is 0 Å². The predicted octanol–water partition coefficient (Wildman–Crippen LogP) is 3.78. The first kappa shape index (κ1) is 13.8. The van der Waals surface area contributed by atoms with E-state index in [2.05, 4.69) is 19.9 Å². The summed E-state index contributed by atoms with van der Waals surface area (Å²) in [4.78, 5) is 14.2. The lowest BCUT2D eigenvalue weighted by molar-refractivity contribution is -0.122. The van der Waals surface area contributed by atoms with E-state index in [1.807, 2.05) is 36.9 Å². The van der Waals surface area contributed by atoms with Crippen LogP contribution in [0.25, 0.3) is 0 Å². The summed E-state index contributed by atoms with van der Waals surface area (Å²) in [6, 6.07) is 8.07. The van der Waals surface area contributed by atoms with Crippen LogP contribution in [0.1, 0.15) is 39.2 Å². The molecule has 2 heteroatoms. The molecule has 0 N–H and O–H groups in total. The Morgan fingerprint density at radius 2 is 1.94 bits per heavy atom. The van der Waals surface area contributed by atoms with Gasteiger partial charge < -0.3 is 4.90 Å². The third-order valence-corrected chi connectivity index (χ3v) is 3.13. The number of rotatable bonds is 5. The number of hydrogen-bond donors (Lipinski definition) is 0. The fourth-order valence-corrected chi connectivity index (χ4v) is 2.13. The molecule has 2 nitrogen and oxygen atoms in total. The molecule has 1 aromatic rings. The van der Waals surface area contributed by atoms with E-state index in [1.165, 1.54) is 0 Å². The van der Waals surface area contributed by atoms with Gasteiger partial charge in [0.05, 0.1) is 0 Å². The number of nitrogens with zero attached hydrogens (tertiary/aromatic N) is 1. The van der Waals surface area contributed by atoms with Gasteiger partial charge >= 0.3 is 0 Å². The smallest absolute Gasteiger partial charge is 0.229 e. The molecule has 94 valence electrons. The Morgan fingerprint density at radius 3 is 2.47 bits per heavy atom. The Bertz CT molecular complexity index is 373. The SMILES string of the molecule is CCCC(C)C(=O)N(CC)c1ccccc1C. The van der Waals surface area contributed by atoms with Crippen LogP contribution < -0.4 is 4.90 Å². The second kappa shape index (κ2) is 6.43. The number of carbonyl (C=O) groups is 1. The van der Waals surface area contributed by atoms with Crippen LogP contribution in [0.2, 0.25) is 0 Å². The Hall–Kier alpha value is -1.31. The molecule has 0 bridgehead atoms. The van der Waals surface area contributed by atoms with E-state index < -0.39 is 0 Å². The molecule has 0 heterocycles. The summed E-state index contributed by atoms with van der Waals surface area (Å²) in [5, 5.41) is 0. The number of carbonyl (C=O) groups excluding carboxylic acids is 1. The molecule has 1 aromatic carbocycles. The maximum atomic E-state index is 12.3. The summed E-state index contributed by atoms with van der Waals surface area (Å²) in [6.45, 7) is 8.96. The van der Waals surface area contributed by atoms with Gasteiger partial charge in [0.15, 0.2) is 0 Å². The highest BCUT2D eigenvalue weighted by Crippen LogP contribution is 2.22. The third-order valence-electron chi connectivity index (χ3n) is 3.13. The number of aryl methyl sites for hydroxylation is 1. The number of benzene rings is 1. The minimum Gasteiger partial charge on any atom is -0.312 e. The minimum atomic E-state index is 0.111. The number of hydrogen-bond acceptors (Lipinski definition) is 1. The fraction of sp³-hybridized carbons (Fsp3) is 0.533. The molecular weight excluding hydrogens is 210 g/mol. The molecule has 1 amide bonds. The van der Waals surface area contributed by atoms with E-state index in [1.54, 1.807) is 0 Å². The highest BCUT2D eigenvalue weighted by Gasteiger charge is 2.20. The van der Waals surface area contributed by atoms with Gasteiger partial charge in [-0.3, -0.25) is 4.79 Å². The lowest BCUT2D eigenvalue weighted by atomic mass is 10.0. The van der Waals surface area contributed by atoms with Gasteiger partial charge in [-0.2, -0.15) is 0 Å². The maximum Gasteiger partial charge on any atom is 0.229 e. The molecule has 0 saturated carbocycles. The summed E-state index contributed by atoms with van der Waals surface area (Å²) in [7, 11) is 0. The van der Waals surface area contributed by atoms with Crippen molar-refractivity contribution in [3.05, 3.63) is 29.8 Å². The first-order valence-electron chi connectivity index (χ1n) is 6.48. The maximum absolute atomic E-state index is 12.3. The van der Waals surface area contributed by atoms with Crippen LogP contribution in [0, 0.1) is 12.8 Å². The topological polar surface area (TPSA) is 20.3 Å². The van der Waals surface area contributed by atoms with Gasteiger partial charge in [-0.1, -0.05) is 38.5 Å². The van der Waals surface area contributed by atoms with Gasteiger partial charge in [0.25, 0.3) is 0 Å². The fourth-order valence-electron chi connectivity index (χ4n) is 2.13. The van der Waals surface area contributed by atoms with Crippen LogP contribution in [0.15, 0.2) is 24.3 Å². The van der Waals surface area contributed by atoms with Crippen molar-refractivity contribution in [2.75, 3.05) is 11.4 Å². The van der Waals surface area contributed by atoms with Crippen molar-refractivity contribution in [3.8, 4) is 0 Å². The van der Waals surface area contributed by atoms with Gasteiger partial charge in [0, 0.05) is 18.2 Å². The van der Waals surface area contributed by atoms with Crippen molar-refractivity contribution in [2.45, 2.75) is 40.5 Å². The van der Waals surface area contributed by atoms with Gasteiger partial charge in [0.1, 0.15) is 0 Å². The van der Waals surface area contributed by atoms with Crippen molar-refractivity contribution in [2.24, 2.45) is 5.92 Å². The normalized spacial score (nSPS) is 12.2. The zero-order valence-corrected chi connectivity index (χ0v) is 11.4. The van der Waals surface area contributed by atoms with Crippen molar-refractivity contribution in [1.82, 2.24) is 0 Å². The molecular formula is C15H23NO. The molecule has 17 heavy (non-hydrogen) atoms. The van der Waals surface area contributed by atoms with E-state index in [0.29, 0.717) is 0 Å². The minimum absolute atomic E-state index is 0.111. The van der Waals surface area contributed by atoms with Crippen LogP contribution in [0.5, 0.6) is 0 Å². The Morgan fingerprint density at radius 1 is 1.29 bits per heavy atom. The third kappa shape index (κ3) is 3.32. The molecule has 0 aliphatic heterocycles. The molecule has 0 aliphatic rings. The Labute approximate surface area is 105 Å². The van der Waals surface area contributed by atoms with E-state index in [-0.39, 0.29) is 11.8 Å². The van der Waals surface area contributed by atoms with Gasteiger partial charge in [-0.15, -0.1) is 0 Å². The quantitative estimate of drug-likeness (QED) is 0.757. The number of para-hydroxylation sites is 1. The van der Waals surface area contributed by atoms with E-state index >= 15 is 0 Å². The molecule has 0 saturated heterocycles. The standard InChI is InChI=1S/C15H23NO/c1-5-9-13(4)15(17)16(6-2)14-11-8-7-10-12(14)3/h7-8,10-11,13H,5-6,9H2,1-4H3. The lowest BCUT2D eigenvalue weighted by Crippen LogP contribution is -2.35. The average molecular weight is 233 g/mol. The molecule has 1 atom stereocenters. The average Bonchev–Trinajstić information content (AvgIpc) is 2.32. The molecule has 0 fully saturated rings.